The van der Waals surface area contributed by atoms with E-state index in [2.05, 4.69) is 5.10 Å². The Bertz CT molecular complexity index is 981. The number of Topliss-reactive ketones (excluding diaryl/α,β-unsaturated/α-hetero) is 1. The number of carbonyl (C=O) groups excluding carboxylic acids is 2. The number of ether oxygens (including phenoxy) is 1. The lowest BCUT2D eigenvalue weighted by molar-refractivity contribution is 0.0272. The van der Waals surface area contributed by atoms with E-state index in [9.17, 15) is 14.4 Å². The highest BCUT2D eigenvalue weighted by Gasteiger charge is 2.27. The Balaban J connectivity index is 1.93. The van der Waals surface area contributed by atoms with E-state index in [1.165, 1.54) is 19.2 Å². The Kier molecular flexibility index (Phi) is 5.03. The van der Waals surface area contributed by atoms with Crippen LogP contribution in [0.2, 0.25) is 0 Å². The van der Waals surface area contributed by atoms with Gasteiger partial charge in [0.25, 0.3) is 5.56 Å². The summed E-state index contributed by atoms with van der Waals surface area (Å²) in [6.45, 7) is 0. The quantitative estimate of drug-likeness (QED) is 0.523. The van der Waals surface area contributed by atoms with Gasteiger partial charge in [0.1, 0.15) is 0 Å². The molecular weight excluding hydrogens is 332 g/mol. The van der Waals surface area contributed by atoms with Gasteiger partial charge in [-0.3, -0.25) is 9.59 Å². The molecule has 3 rings (SSSR count). The summed E-state index contributed by atoms with van der Waals surface area (Å²) in [5.74, 6) is -1.12. The van der Waals surface area contributed by atoms with Crippen LogP contribution >= 0.6 is 0 Å². The number of aryl methyl sites for hydroxylation is 1. The van der Waals surface area contributed by atoms with Gasteiger partial charge in [-0.25, -0.2) is 9.48 Å². The number of nitrogens with zero attached hydrogens (tertiary/aromatic N) is 2. The first-order valence-corrected chi connectivity index (χ1v) is 7.96. The molecular formula is C20H16N2O4. The monoisotopic (exact) mass is 348 g/mol. The Morgan fingerprint density at radius 3 is 2.15 bits per heavy atom. The zero-order valence-electron chi connectivity index (χ0n) is 14.0. The Morgan fingerprint density at radius 2 is 1.54 bits per heavy atom. The van der Waals surface area contributed by atoms with Crippen LogP contribution in [0, 0.1) is 0 Å². The highest BCUT2D eigenvalue weighted by atomic mass is 16.5. The third-order valence-electron chi connectivity index (χ3n) is 3.79. The topological polar surface area (TPSA) is 78.3 Å². The number of hydrogen-bond donors (Lipinski definition) is 0. The molecule has 0 radical (unpaired) electrons. The van der Waals surface area contributed by atoms with Crippen LogP contribution < -0.4 is 5.56 Å². The number of rotatable bonds is 5. The Labute approximate surface area is 149 Å². The van der Waals surface area contributed by atoms with Gasteiger partial charge in [0.05, 0.1) is 0 Å². The molecule has 0 aliphatic rings. The largest absolute Gasteiger partial charge is 0.444 e. The van der Waals surface area contributed by atoms with Crippen LogP contribution in [0.5, 0.6) is 0 Å². The maximum absolute atomic E-state index is 12.9. The first kappa shape index (κ1) is 17.3. The minimum atomic E-state index is -1.11. The molecule has 0 N–H and O–H groups in total. The number of esters is 1. The smallest absolute Gasteiger partial charge is 0.359 e. The maximum atomic E-state index is 12.9. The van der Waals surface area contributed by atoms with E-state index in [1.807, 2.05) is 6.07 Å². The molecule has 1 unspecified atom stereocenters. The molecule has 1 atom stereocenters. The Morgan fingerprint density at radius 1 is 0.923 bits per heavy atom. The van der Waals surface area contributed by atoms with Gasteiger partial charge in [-0.05, 0) is 6.07 Å². The van der Waals surface area contributed by atoms with Gasteiger partial charge in [-0.1, -0.05) is 60.7 Å². The standard InChI is InChI=1S/C20H16N2O4/c1-22-17(23)13-12-16(21-22)20(25)26-19(15-10-6-3-7-11-15)18(24)14-8-4-2-5-9-14/h2-13,19H,1H3. The molecule has 0 saturated carbocycles. The fraction of sp³-hybridized carbons (Fsp3) is 0.100. The molecule has 1 heterocycles. The summed E-state index contributed by atoms with van der Waals surface area (Å²) in [5, 5.41) is 3.87. The number of ketones is 1. The molecule has 0 aliphatic carbocycles. The van der Waals surface area contributed by atoms with Crippen molar-refractivity contribution in [2.45, 2.75) is 6.10 Å². The predicted molar refractivity (Wildman–Crippen MR) is 94.8 cm³/mol. The average Bonchev–Trinajstić information content (AvgIpc) is 2.69. The third kappa shape index (κ3) is 3.75. The lowest BCUT2D eigenvalue weighted by atomic mass is 10.00. The summed E-state index contributed by atoms with van der Waals surface area (Å²) in [4.78, 5) is 36.8. The van der Waals surface area contributed by atoms with Crippen LogP contribution in [-0.2, 0) is 11.8 Å². The second kappa shape index (κ2) is 7.57. The van der Waals surface area contributed by atoms with Crippen molar-refractivity contribution in [3.05, 3.63) is 100.0 Å². The van der Waals surface area contributed by atoms with Gasteiger partial charge in [-0.15, -0.1) is 0 Å². The highest BCUT2D eigenvalue weighted by molar-refractivity contribution is 6.01. The Hall–Kier alpha value is -3.54. The molecule has 1 aromatic heterocycles. The van der Waals surface area contributed by atoms with E-state index in [0.717, 1.165) is 4.68 Å². The summed E-state index contributed by atoms with van der Waals surface area (Å²) in [6.07, 6.45) is -1.11. The summed E-state index contributed by atoms with van der Waals surface area (Å²) < 4.78 is 6.50. The van der Waals surface area contributed by atoms with E-state index in [1.54, 1.807) is 54.6 Å². The predicted octanol–water partition coefficient (Wildman–Crippen LogP) is 2.56. The van der Waals surface area contributed by atoms with E-state index >= 15 is 0 Å². The molecule has 0 spiro atoms. The second-order valence-corrected chi connectivity index (χ2v) is 5.61. The van der Waals surface area contributed by atoms with E-state index in [-0.39, 0.29) is 17.0 Å². The third-order valence-corrected chi connectivity index (χ3v) is 3.79. The van der Waals surface area contributed by atoms with Gasteiger partial charge < -0.3 is 4.74 Å². The number of aromatic nitrogens is 2. The van der Waals surface area contributed by atoms with Crippen molar-refractivity contribution in [3.8, 4) is 0 Å². The fourth-order valence-electron chi connectivity index (χ4n) is 2.43. The molecule has 3 aromatic rings. The van der Waals surface area contributed by atoms with Crippen LogP contribution in [0.1, 0.15) is 32.5 Å². The van der Waals surface area contributed by atoms with Crippen molar-refractivity contribution in [2.75, 3.05) is 0 Å². The summed E-state index contributed by atoms with van der Waals surface area (Å²) >= 11 is 0. The van der Waals surface area contributed by atoms with Crippen LogP contribution in [0.3, 0.4) is 0 Å². The first-order chi connectivity index (χ1) is 12.6. The van der Waals surface area contributed by atoms with Crippen LogP contribution in [0.15, 0.2) is 77.6 Å². The van der Waals surface area contributed by atoms with Gasteiger partial charge in [0.15, 0.2) is 11.8 Å². The normalized spacial score (nSPS) is 11.6. The summed E-state index contributed by atoms with van der Waals surface area (Å²) in [5.41, 5.74) is 0.595. The van der Waals surface area contributed by atoms with Gasteiger partial charge in [-0.2, -0.15) is 5.10 Å². The zero-order valence-corrected chi connectivity index (χ0v) is 14.0. The van der Waals surface area contributed by atoms with Crippen LogP contribution in [-0.4, -0.2) is 21.5 Å². The highest BCUT2D eigenvalue weighted by Crippen LogP contribution is 2.23. The van der Waals surface area contributed by atoms with E-state index in [0.29, 0.717) is 11.1 Å². The van der Waals surface area contributed by atoms with Gasteiger partial charge in [0.2, 0.25) is 5.78 Å². The molecule has 6 heteroatoms. The molecule has 0 bridgehead atoms. The lowest BCUT2D eigenvalue weighted by Gasteiger charge is -2.17. The SMILES string of the molecule is Cn1nc(C(=O)OC(C(=O)c2ccccc2)c2ccccc2)ccc1=O. The zero-order chi connectivity index (χ0) is 18.5. The van der Waals surface area contributed by atoms with Crippen LogP contribution in [0.25, 0.3) is 0 Å². The van der Waals surface area contributed by atoms with Crippen LogP contribution in [0.4, 0.5) is 0 Å². The van der Waals surface area contributed by atoms with Crippen molar-refractivity contribution < 1.29 is 14.3 Å². The summed E-state index contributed by atoms with van der Waals surface area (Å²) in [6, 6.07) is 19.9. The number of hydrogen-bond acceptors (Lipinski definition) is 5. The van der Waals surface area contributed by atoms with Gasteiger partial charge >= 0.3 is 5.97 Å². The fourth-order valence-corrected chi connectivity index (χ4v) is 2.43. The minimum absolute atomic E-state index is 0.0473. The van der Waals surface area contributed by atoms with Crippen molar-refractivity contribution in [1.82, 2.24) is 9.78 Å². The first-order valence-electron chi connectivity index (χ1n) is 7.96. The van der Waals surface area contributed by atoms with Gasteiger partial charge in [0, 0.05) is 24.2 Å². The molecule has 2 aromatic carbocycles. The van der Waals surface area contributed by atoms with E-state index in [4.69, 9.17) is 4.74 Å². The van der Waals surface area contributed by atoms with Crippen molar-refractivity contribution in [2.24, 2.45) is 7.05 Å². The molecule has 0 saturated heterocycles. The molecule has 6 nitrogen and oxygen atoms in total. The molecule has 0 fully saturated rings. The van der Waals surface area contributed by atoms with E-state index < -0.39 is 12.1 Å². The molecule has 26 heavy (non-hydrogen) atoms. The van der Waals surface area contributed by atoms with Crippen molar-refractivity contribution in [1.29, 1.82) is 0 Å². The number of carbonyl (C=O) groups is 2. The lowest BCUT2D eigenvalue weighted by Crippen LogP contribution is -2.24. The molecule has 130 valence electrons. The summed E-state index contributed by atoms with van der Waals surface area (Å²) in [7, 11) is 1.43. The molecule has 0 amide bonds. The second-order valence-electron chi connectivity index (χ2n) is 5.61. The number of benzene rings is 2. The average molecular weight is 348 g/mol. The van der Waals surface area contributed by atoms with Crippen molar-refractivity contribution in [3.63, 3.8) is 0 Å². The molecule has 0 aliphatic heterocycles. The maximum Gasteiger partial charge on any atom is 0.359 e. The minimum Gasteiger partial charge on any atom is -0.444 e. The van der Waals surface area contributed by atoms with Crippen molar-refractivity contribution >= 4 is 11.8 Å².